The highest BCUT2D eigenvalue weighted by Crippen LogP contribution is 2.33. The lowest BCUT2D eigenvalue weighted by Crippen LogP contribution is -2.11. The molecule has 8 heteroatoms. The number of nitrogens with zero attached hydrogens (tertiary/aromatic N) is 2. The van der Waals surface area contributed by atoms with Gasteiger partial charge in [-0.15, -0.1) is 23.1 Å². The summed E-state index contributed by atoms with van der Waals surface area (Å²) >= 11 is 2.95. The molecule has 3 aromatic rings. The highest BCUT2D eigenvalue weighted by atomic mass is 32.2. The zero-order valence-electron chi connectivity index (χ0n) is 15.0. The van der Waals surface area contributed by atoms with Crippen molar-refractivity contribution in [2.75, 3.05) is 25.3 Å². The minimum absolute atomic E-state index is 0.0633. The van der Waals surface area contributed by atoms with Crippen LogP contribution in [-0.4, -0.2) is 35.8 Å². The van der Waals surface area contributed by atoms with Crippen LogP contribution in [0.4, 0.5) is 5.13 Å². The zero-order chi connectivity index (χ0) is 19.1. The Kier molecular flexibility index (Phi) is 6.67. The summed E-state index contributed by atoms with van der Waals surface area (Å²) < 4.78 is 10.6. The number of rotatable bonds is 8. The van der Waals surface area contributed by atoms with E-state index in [0.29, 0.717) is 28.8 Å². The van der Waals surface area contributed by atoms with Gasteiger partial charge in [-0.25, -0.2) is 9.97 Å². The number of anilines is 1. The molecule has 0 fully saturated rings. The first-order chi connectivity index (χ1) is 13.2. The van der Waals surface area contributed by atoms with E-state index in [-0.39, 0.29) is 5.91 Å². The molecule has 0 aliphatic carbocycles. The van der Waals surface area contributed by atoms with E-state index in [2.05, 4.69) is 15.3 Å². The van der Waals surface area contributed by atoms with Crippen LogP contribution in [0.2, 0.25) is 0 Å². The standard InChI is InChI=1S/C19H19N3O3S2/c1-24-15-7-6-13(11-16(15)25-2)14-12-27-19(21-14)22-17(23)8-10-26-18-5-3-4-9-20-18/h3-7,9,11-12H,8,10H2,1-2H3,(H,21,22,23). The third kappa shape index (κ3) is 5.21. The van der Waals surface area contributed by atoms with Crippen molar-refractivity contribution in [2.45, 2.75) is 11.4 Å². The van der Waals surface area contributed by atoms with Gasteiger partial charge in [0.25, 0.3) is 0 Å². The van der Waals surface area contributed by atoms with Gasteiger partial charge in [0, 0.05) is 29.3 Å². The molecule has 1 amide bonds. The minimum Gasteiger partial charge on any atom is -0.493 e. The average Bonchev–Trinajstić information content (AvgIpc) is 3.16. The van der Waals surface area contributed by atoms with E-state index in [1.165, 1.54) is 11.3 Å². The fraction of sp³-hybridized carbons (Fsp3) is 0.211. The lowest BCUT2D eigenvalue weighted by Gasteiger charge is -2.08. The van der Waals surface area contributed by atoms with Crippen LogP contribution < -0.4 is 14.8 Å². The van der Waals surface area contributed by atoms with E-state index in [1.807, 2.05) is 41.8 Å². The van der Waals surface area contributed by atoms with Crippen LogP contribution in [0.15, 0.2) is 53.0 Å². The van der Waals surface area contributed by atoms with Crippen molar-refractivity contribution in [3.8, 4) is 22.8 Å². The van der Waals surface area contributed by atoms with Gasteiger partial charge in [0.2, 0.25) is 5.91 Å². The molecule has 1 aromatic carbocycles. The fourth-order valence-electron chi connectivity index (χ4n) is 2.32. The first-order valence-electron chi connectivity index (χ1n) is 8.21. The molecular weight excluding hydrogens is 382 g/mol. The number of hydrogen-bond acceptors (Lipinski definition) is 7. The van der Waals surface area contributed by atoms with Crippen LogP contribution in [0, 0.1) is 0 Å². The van der Waals surface area contributed by atoms with Gasteiger partial charge in [0.1, 0.15) is 0 Å². The summed E-state index contributed by atoms with van der Waals surface area (Å²) in [5, 5.41) is 6.24. The van der Waals surface area contributed by atoms with Crippen LogP contribution in [0.3, 0.4) is 0 Å². The molecule has 1 N–H and O–H groups in total. The van der Waals surface area contributed by atoms with Crippen LogP contribution >= 0.6 is 23.1 Å². The number of benzene rings is 1. The van der Waals surface area contributed by atoms with Crippen LogP contribution in [-0.2, 0) is 4.79 Å². The maximum atomic E-state index is 12.1. The number of aromatic nitrogens is 2. The molecule has 0 saturated carbocycles. The van der Waals surface area contributed by atoms with Crippen molar-refractivity contribution in [1.82, 2.24) is 9.97 Å². The Balaban J connectivity index is 1.56. The molecule has 0 aliphatic rings. The molecule has 2 heterocycles. The number of pyridine rings is 1. The van der Waals surface area contributed by atoms with Crippen LogP contribution in [0.1, 0.15) is 6.42 Å². The smallest absolute Gasteiger partial charge is 0.226 e. The quantitative estimate of drug-likeness (QED) is 0.566. The Hall–Kier alpha value is -2.58. The summed E-state index contributed by atoms with van der Waals surface area (Å²) in [5.41, 5.74) is 1.68. The van der Waals surface area contributed by atoms with Gasteiger partial charge in [-0.2, -0.15) is 0 Å². The van der Waals surface area contributed by atoms with Crippen molar-refractivity contribution < 1.29 is 14.3 Å². The number of carbonyl (C=O) groups is 1. The number of carbonyl (C=O) groups excluding carboxylic acids is 1. The molecule has 27 heavy (non-hydrogen) atoms. The van der Waals surface area contributed by atoms with Gasteiger partial charge in [-0.05, 0) is 30.3 Å². The number of nitrogens with one attached hydrogen (secondary N) is 1. The Morgan fingerprint density at radius 2 is 2.04 bits per heavy atom. The molecule has 0 saturated heterocycles. The third-order valence-electron chi connectivity index (χ3n) is 3.65. The predicted molar refractivity (Wildman–Crippen MR) is 109 cm³/mol. The van der Waals surface area contributed by atoms with Gasteiger partial charge in [-0.1, -0.05) is 6.07 Å². The number of thioether (sulfide) groups is 1. The van der Waals surface area contributed by atoms with E-state index in [1.54, 1.807) is 32.2 Å². The SMILES string of the molecule is COc1ccc(-c2csc(NC(=O)CCSc3ccccn3)n2)cc1OC. The summed E-state index contributed by atoms with van der Waals surface area (Å²) in [6.45, 7) is 0. The molecule has 0 atom stereocenters. The van der Waals surface area contributed by atoms with Gasteiger partial charge in [-0.3, -0.25) is 4.79 Å². The van der Waals surface area contributed by atoms with Crippen molar-refractivity contribution >= 4 is 34.1 Å². The second-order valence-electron chi connectivity index (χ2n) is 5.42. The van der Waals surface area contributed by atoms with E-state index in [9.17, 15) is 4.79 Å². The highest BCUT2D eigenvalue weighted by molar-refractivity contribution is 7.99. The molecule has 6 nitrogen and oxygen atoms in total. The second kappa shape index (κ2) is 9.38. The van der Waals surface area contributed by atoms with Crippen LogP contribution in [0.5, 0.6) is 11.5 Å². The lowest BCUT2D eigenvalue weighted by molar-refractivity contribution is -0.115. The minimum atomic E-state index is -0.0633. The topological polar surface area (TPSA) is 73.3 Å². The monoisotopic (exact) mass is 401 g/mol. The van der Waals surface area contributed by atoms with E-state index in [4.69, 9.17) is 9.47 Å². The summed E-state index contributed by atoms with van der Waals surface area (Å²) in [7, 11) is 3.19. The van der Waals surface area contributed by atoms with Crippen molar-refractivity contribution in [3.05, 3.63) is 48.0 Å². The van der Waals surface area contributed by atoms with Crippen LogP contribution in [0.25, 0.3) is 11.3 Å². The van der Waals surface area contributed by atoms with Crippen molar-refractivity contribution in [2.24, 2.45) is 0 Å². The molecule has 2 aromatic heterocycles. The van der Waals surface area contributed by atoms with Gasteiger partial charge in [0.15, 0.2) is 16.6 Å². The first-order valence-corrected chi connectivity index (χ1v) is 10.1. The Morgan fingerprint density at radius 1 is 1.19 bits per heavy atom. The van der Waals surface area contributed by atoms with Crippen molar-refractivity contribution in [3.63, 3.8) is 0 Å². The fourth-order valence-corrected chi connectivity index (χ4v) is 3.86. The first kappa shape index (κ1) is 19.2. The Morgan fingerprint density at radius 3 is 2.78 bits per heavy atom. The normalized spacial score (nSPS) is 10.4. The summed E-state index contributed by atoms with van der Waals surface area (Å²) in [5.74, 6) is 1.90. The molecule has 0 unspecified atom stereocenters. The largest absolute Gasteiger partial charge is 0.493 e. The van der Waals surface area contributed by atoms with E-state index in [0.717, 1.165) is 16.3 Å². The molecule has 0 radical (unpaired) electrons. The number of ether oxygens (including phenoxy) is 2. The number of methoxy groups -OCH3 is 2. The van der Waals surface area contributed by atoms with Gasteiger partial charge >= 0.3 is 0 Å². The summed E-state index contributed by atoms with van der Waals surface area (Å²) in [4.78, 5) is 20.8. The average molecular weight is 402 g/mol. The second-order valence-corrected chi connectivity index (χ2v) is 7.40. The molecule has 0 spiro atoms. The number of hydrogen-bond donors (Lipinski definition) is 1. The predicted octanol–water partition coefficient (Wildman–Crippen LogP) is 4.34. The number of amides is 1. The maximum Gasteiger partial charge on any atom is 0.226 e. The zero-order valence-corrected chi connectivity index (χ0v) is 16.6. The highest BCUT2D eigenvalue weighted by Gasteiger charge is 2.11. The molecule has 0 bridgehead atoms. The Bertz CT molecular complexity index is 900. The Labute approximate surface area is 166 Å². The van der Waals surface area contributed by atoms with Gasteiger partial charge < -0.3 is 14.8 Å². The summed E-state index contributed by atoms with van der Waals surface area (Å²) in [6.07, 6.45) is 2.14. The molecular formula is C19H19N3O3S2. The molecule has 140 valence electrons. The molecule has 0 aliphatic heterocycles. The van der Waals surface area contributed by atoms with E-state index >= 15 is 0 Å². The van der Waals surface area contributed by atoms with Gasteiger partial charge in [0.05, 0.1) is 24.9 Å². The third-order valence-corrected chi connectivity index (χ3v) is 5.35. The number of thiazole rings is 1. The lowest BCUT2D eigenvalue weighted by atomic mass is 10.1. The summed E-state index contributed by atoms with van der Waals surface area (Å²) in [6, 6.07) is 11.3. The van der Waals surface area contributed by atoms with E-state index < -0.39 is 0 Å². The van der Waals surface area contributed by atoms with Crippen molar-refractivity contribution in [1.29, 1.82) is 0 Å². The molecule has 3 rings (SSSR count). The maximum absolute atomic E-state index is 12.1.